The van der Waals surface area contributed by atoms with Gasteiger partial charge >= 0.3 is 0 Å². The van der Waals surface area contributed by atoms with Crippen molar-refractivity contribution in [1.29, 1.82) is 0 Å². The van der Waals surface area contributed by atoms with Gasteiger partial charge in [-0.2, -0.15) is 0 Å². The second-order valence-corrected chi connectivity index (χ2v) is 5.93. The van der Waals surface area contributed by atoms with Crippen molar-refractivity contribution < 1.29 is 9.53 Å². The van der Waals surface area contributed by atoms with Gasteiger partial charge in [0.2, 0.25) is 5.91 Å². The molecule has 1 heterocycles. The van der Waals surface area contributed by atoms with Crippen molar-refractivity contribution in [3.63, 3.8) is 0 Å². The highest BCUT2D eigenvalue weighted by molar-refractivity contribution is 9.10. The number of carbonyl (C=O) groups excluding carboxylic acids is 1. The first-order valence-corrected chi connectivity index (χ1v) is 6.63. The molecule has 1 amide bonds. The van der Waals surface area contributed by atoms with Gasteiger partial charge in [0.05, 0.1) is 18.6 Å². The Bertz CT molecular complexity index is 458. The van der Waals surface area contributed by atoms with Crippen molar-refractivity contribution in [2.24, 2.45) is 11.1 Å². The Balaban J connectivity index is 2.16. The van der Waals surface area contributed by atoms with Gasteiger partial charge in [0.15, 0.2) is 0 Å². The van der Waals surface area contributed by atoms with E-state index in [1.165, 1.54) is 0 Å². The van der Waals surface area contributed by atoms with Crippen LogP contribution in [-0.4, -0.2) is 25.2 Å². The highest BCUT2D eigenvalue weighted by atomic mass is 79.9. The first-order valence-electron chi connectivity index (χ1n) is 5.84. The van der Waals surface area contributed by atoms with Crippen LogP contribution in [0.15, 0.2) is 22.7 Å². The molecule has 0 bridgehead atoms. The third kappa shape index (κ3) is 2.58. The molecule has 0 aromatic heterocycles. The Morgan fingerprint density at radius 3 is 2.83 bits per heavy atom. The lowest BCUT2D eigenvalue weighted by molar-refractivity contribution is -0.125. The Labute approximate surface area is 115 Å². The molecule has 3 N–H and O–H groups in total. The van der Waals surface area contributed by atoms with Crippen LogP contribution in [0.5, 0.6) is 0 Å². The molecule has 1 aliphatic heterocycles. The van der Waals surface area contributed by atoms with Crippen LogP contribution in [0, 0.1) is 12.3 Å². The molecule has 1 fully saturated rings. The van der Waals surface area contributed by atoms with Gasteiger partial charge in [0, 0.05) is 16.2 Å². The quantitative estimate of drug-likeness (QED) is 0.878. The summed E-state index contributed by atoms with van der Waals surface area (Å²) in [5.74, 6) is -0.0926. The van der Waals surface area contributed by atoms with E-state index in [9.17, 15) is 4.79 Å². The van der Waals surface area contributed by atoms with Crippen molar-refractivity contribution in [2.75, 3.05) is 18.5 Å². The summed E-state index contributed by atoms with van der Waals surface area (Å²) in [4.78, 5) is 12.3. The molecule has 0 radical (unpaired) electrons. The van der Waals surface area contributed by atoms with E-state index in [1.807, 2.05) is 32.0 Å². The predicted molar refractivity (Wildman–Crippen MR) is 74.4 cm³/mol. The van der Waals surface area contributed by atoms with Gasteiger partial charge in [-0.15, -0.1) is 0 Å². The molecule has 5 heteroatoms. The van der Waals surface area contributed by atoms with Crippen molar-refractivity contribution in [1.82, 2.24) is 0 Å². The summed E-state index contributed by atoms with van der Waals surface area (Å²) in [6.07, 6.45) is 0. The third-order valence-electron chi connectivity index (χ3n) is 3.34. The minimum absolute atomic E-state index is 0.0926. The number of amides is 1. The number of hydrogen-bond donors (Lipinski definition) is 2. The van der Waals surface area contributed by atoms with Crippen LogP contribution in [0.25, 0.3) is 0 Å². The summed E-state index contributed by atoms with van der Waals surface area (Å²) in [5, 5.41) is 2.91. The minimum atomic E-state index is -0.657. The van der Waals surface area contributed by atoms with E-state index in [4.69, 9.17) is 10.5 Å². The lowest BCUT2D eigenvalue weighted by Crippen LogP contribution is -2.47. The van der Waals surface area contributed by atoms with Crippen molar-refractivity contribution in [3.8, 4) is 0 Å². The maximum absolute atomic E-state index is 12.3. The van der Waals surface area contributed by atoms with Crippen LogP contribution in [0.4, 0.5) is 5.69 Å². The summed E-state index contributed by atoms with van der Waals surface area (Å²) in [6.45, 7) is 4.62. The average Bonchev–Trinajstić information content (AvgIpc) is 2.59. The highest BCUT2D eigenvalue weighted by Gasteiger charge is 2.44. The monoisotopic (exact) mass is 312 g/mol. The predicted octanol–water partition coefficient (Wildman–Crippen LogP) is 2.06. The number of rotatable bonds is 2. The molecule has 98 valence electrons. The van der Waals surface area contributed by atoms with E-state index in [1.54, 1.807) is 0 Å². The Hall–Kier alpha value is -0.910. The number of nitrogens with one attached hydrogen (secondary N) is 1. The molecule has 1 aromatic rings. The van der Waals surface area contributed by atoms with Crippen molar-refractivity contribution in [2.45, 2.75) is 19.9 Å². The van der Waals surface area contributed by atoms with E-state index in [2.05, 4.69) is 21.2 Å². The molecular formula is C13H17BrN2O2. The second kappa shape index (κ2) is 4.99. The maximum atomic E-state index is 12.3. The summed E-state index contributed by atoms with van der Waals surface area (Å²) in [7, 11) is 0. The Morgan fingerprint density at radius 1 is 1.56 bits per heavy atom. The van der Waals surface area contributed by atoms with Crippen LogP contribution < -0.4 is 11.1 Å². The number of carbonyl (C=O) groups is 1. The molecular weight excluding hydrogens is 296 g/mol. The van der Waals surface area contributed by atoms with E-state index < -0.39 is 5.41 Å². The lowest BCUT2D eigenvalue weighted by atomic mass is 9.85. The molecule has 0 saturated carbocycles. The summed E-state index contributed by atoms with van der Waals surface area (Å²) in [6, 6.07) is 5.52. The van der Waals surface area contributed by atoms with Gasteiger partial charge in [0.25, 0.3) is 0 Å². The first-order chi connectivity index (χ1) is 8.41. The summed E-state index contributed by atoms with van der Waals surface area (Å²) in [5.41, 5.74) is 7.13. The largest absolute Gasteiger partial charge is 0.379 e. The Kier molecular flexibility index (Phi) is 3.75. The molecule has 4 nitrogen and oxygen atoms in total. The van der Waals surface area contributed by atoms with Gasteiger partial charge in [-0.3, -0.25) is 4.79 Å². The number of nitrogens with two attached hydrogens (primary N) is 1. The van der Waals surface area contributed by atoms with Crippen LogP contribution in [0.3, 0.4) is 0 Å². The number of halogens is 1. The fourth-order valence-electron chi connectivity index (χ4n) is 2.01. The van der Waals surface area contributed by atoms with Crippen LogP contribution in [0.1, 0.15) is 12.5 Å². The fraction of sp³-hybridized carbons (Fsp3) is 0.462. The maximum Gasteiger partial charge on any atom is 0.234 e. The second-order valence-electron chi connectivity index (χ2n) is 5.01. The number of benzene rings is 1. The molecule has 18 heavy (non-hydrogen) atoms. The van der Waals surface area contributed by atoms with Gasteiger partial charge in [0.1, 0.15) is 0 Å². The van der Waals surface area contributed by atoms with E-state index in [0.29, 0.717) is 13.2 Å². The molecule has 1 aromatic carbocycles. The van der Waals surface area contributed by atoms with Gasteiger partial charge in [-0.1, -0.05) is 15.9 Å². The highest BCUT2D eigenvalue weighted by Crippen LogP contribution is 2.29. The normalized spacial score (nSPS) is 27.2. The summed E-state index contributed by atoms with van der Waals surface area (Å²) >= 11 is 3.41. The number of hydrogen-bond acceptors (Lipinski definition) is 3. The molecule has 1 saturated heterocycles. The van der Waals surface area contributed by atoms with Gasteiger partial charge < -0.3 is 15.8 Å². The lowest BCUT2D eigenvalue weighted by Gasteiger charge is -2.25. The first kappa shape index (κ1) is 13.5. The third-order valence-corrected chi connectivity index (χ3v) is 3.79. The van der Waals surface area contributed by atoms with Crippen molar-refractivity contribution in [3.05, 3.63) is 28.2 Å². The zero-order valence-corrected chi connectivity index (χ0v) is 12.1. The topological polar surface area (TPSA) is 64.3 Å². The average molecular weight is 313 g/mol. The number of ether oxygens (including phenoxy) is 1. The summed E-state index contributed by atoms with van der Waals surface area (Å²) < 4.78 is 6.22. The molecule has 2 unspecified atom stereocenters. The SMILES string of the molecule is Cc1cc(Br)cc(NC(=O)C2(C)COCC2N)c1. The van der Waals surface area contributed by atoms with Gasteiger partial charge in [-0.25, -0.2) is 0 Å². The molecule has 1 aliphatic rings. The van der Waals surface area contributed by atoms with Crippen LogP contribution in [0.2, 0.25) is 0 Å². The van der Waals surface area contributed by atoms with E-state index >= 15 is 0 Å². The number of anilines is 1. The minimum Gasteiger partial charge on any atom is -0.379 e. The number of aryl methyl sites for hydroxylation is 1. The molecule has 0 spiro atoms. The van der Waals surface area contributed by atoms with Crippen molar-refractivity contribution >= 4 is 27.5 Å². The molecule has 2 rings (SSSR count). The zero-order chi connectivity index (χ0) is 13.3. The van der Waals surface area contributed by atoms with Crippen LogP contribution >= 0.6 is 15.9 Å². The van der Waals surface area contributed by atoms with Crippen LogP contribution in [-0.2, 0) is 9.53 Å². The molecule has 0 aliphatic carbocycles. The van der Waals surface area contributed by atoms with Gasteiger partial charge in [-0.05, 0) is 37.6 Å². The zero-order valence-electron chi connectivity index (χ0n) is 10.5. The fourth-order valence-corrected chi connectivity index (χ4v) is 2.61. The standard InChI is InChI=1S/C13H17BrN2O2/c1-8-3-9(14)5-10(4-8)16-12(17)13(2)7-18-6-11(13)15/h3-5,11H,6-7,15H2,1-2H3,(H,16,17). The Morgan fingerprint density at radius 2 is 2.28 bits per heavy atom. The van der Waals surface area contributed by atoms with E-state index in [0.717, 1.165) is 15.7 Å². The smallest absolute Gasteiger partial charge is 0.234 e. The molecule has 2 atom stereocenters. The van der Waals surface area contributed by atoms with E-state index in [-0.39, 0.29) is 11.9 Å².